The quantitative estimate of drug-likeness (QED) is 0.403. The monoisotopic (exact) mass is 365 g/mol. The van der Waals surface area contributed by atoms with E-state index in [1.165, 1.54) is 6.26 Å². The van der Waals surface area contributed by atoms with Crippen molar-refractivity contribution in [2.24, 2.45) is 0 Å². The molecule has 5 rings (SSSR count). The van der Waals surface area contributed by atoms with Gasteiger partial charge in [-0.25, -0.2) is 13.2 Å². The molecular weight excluding hydrogens is 355 g/mol. The number of oxazole rings is 1. The lowest BCUT2D eigenvalue weighted by Crippen LogP contribution is -1.94. The van der Waals surface area contributed by atoms with E-state index in [9.17, 15) is 13.2 Å². The molecule has 3 heterocycles. The van der Waals surface area contributed by atoms with Crippen LogP contribution in [0.5, 0.6) is 0 Å². The number of imidazole rings is 1. The maximum Gasteiger partial charge on any atom is 0.306 e. The second kappa shape index (κ2) is 5.70. The summed E-state index contributed by atoms with van der Waals surface area (Å²) in [5.74, 6) is -3.09. The molecule has 0 N–H and O–H groups in total. The molecule has 3 aromatic heterocycles. The van der Waals surface area contributed by atoms with Gasteiger partial charge in [-0.3, -0.25) is 9.38 Å². The predicted molar refractivity (Wildman–Crippen MR) is 93.5 cm³/mol. The van der Waals surface area contributed by atoms with Gasteiger partial charge in [0.1, 0.15) is 17.8 Å². The SMILES string of the molecule is Fc1cc(F)c(-c2nc3occn3c2-c2ccc3ncccc3c2)cc1F. The summed E-state index contributed by atoms with van der Waals surface area (Å²) in [7, 11) is 0. The molecule has 0 aliphatic heterocycles. The molecule has 0 aliphatic rings. The summed E-state index contributed by atoms with van der Waals surface area (Å²) in [6, 6.07) is 10.5. The van der Waals surface area contributed by atoms with Crippen molar-refractivity contribution in [1.82, 2.24) is 14.4 Å². The zero-order valence-corrected chi connectivity index (χ0v) is 13.7. The van der Waals surface area contributed by atoms with E-state index in [1.54, 1.807) is 16.8 Å². The van der Waals surface area contributed by atoms with Crippen LogP contribution in [0.3, 0.4) is 0 Å². The molecule has 0 bridgehead atoms. The number of rotatable bonds is 2. The summed E-state index contributed by atoms with van der Waals surface area (Å²) in [4.78, 5) is 8.56. The second-order valence-corrected chi connectivity index (χ2v) is 6.02. The topological polar surface area (TPSA) is 43.3 Å². The predicted octanol–water partition coefficient (Wildman–Crippen LogP) is 5.23. The highest BCUT2D eigenvalue weighted by molar-refractivity contribution is 5.88. The van der Waals surface area contributed by atoms with Gasteiger partial charge in [-0.15, -0.1) is 0 Å². The van der Waals surface area contributed by atoms with Gasteiger partial charge in [0, 0.05) is 35.0 Å². The summed E-state index contributed by atoms with van der Waals surface area (Å²) in [6.07, 6.45) is 4.77. The van der Waals surface area contributed by atoms with E-state index in [0.717, 1.165) is 17.0 Å². The molecule has 132 valence electrons. The van der Waals surface area contributed by atoms with Crippen LogP contribution >= 0.6 is 0 Å². The van der Waals surface area contributed by atoms with Gasteiger partial charge >= 0.3 is 5.84 Å². The number of aromatic nitrogens is 3. The number of hydrogen-bond acceptors (Lipinski definition) is 3. The molecule has 0 fully saturated rings. The van der Waals surface area contributed by atoms with E-state index in [1.807, 2.05) is 30.3 Å². The standard InChI is InChI=1S/C20H10F3N3O/c21-14-10-16(23)15(22)9-13(14)18-19(26-6-7-27-20(26)25-18)12-3-4-17-11(8-12)2-1-5-24-17/h1-10H. The van der Waals surface area contributed by atoms with Crippen molar-refractivity contribution >= 4 is 16.7 Å². The van der Waals surface area contributed by atoms with Crippen LogP contribution in [0.15, 0.2) is 65.5 Å². The van der Waals surface area contributed by atoms with Gasteiger partial charge < -0.3 is 4.42 Å². The highest BCUT2D eigenvalue weighted by Crippen LogP contribution is 2.36. The lowest BCUT2D eigenvalue weighted by molar-refractivity contribution is 0.496. The van der Waals surface area contributed by atoms with Gasteiger partial charge in [0.25, 0.3) is 0 Å². The summed E-state index contributed by atoms with van der Waals surface area (Å²) in [6.45, 7) is 0. The van der Waals surface area contributed by atoms with Crippen molar-refractivity contribution in [2.45, 2.75) is 0 Å². The first-order valence-electron chi connectivity index (χ1n) is 8.07. The molecular formula is C20H10F3N3O. The molecule has 0 amide bonds. The molecule has 27 heavy (non-hydrogen) atoms. The zero-order valence-electron chi connectivity index (χ0n) is 13.7. The van der Waals surface area contributed by atoms with Crippen molar-refractivity contribution in [3.63, 3.8) is 0 Å². The lowest BCUT2D eigenvalue weighted by Gasteiger charge is -2.07. The van der Waals surface area contributed by atoms with Gasteiger partial charge in [0.05, 0.1) is 11.2 Å². The Hall–Kier alpha value is -3.61. The molecule has 0 atom stereocenters. The smallest absolute Gasteiger partial charge is 0.306 e. The van der Waals surface area contributed by atoms with E-state index < -0.39 is 17.5 Å². The number of nitrogens with zero attached hydrogens (tertiary/aromatic N) is 3. The van der Waals surface area contributed by atoms with E-state index in [2.05, 4.69) is 9.97 Å². The largest absolute Gasteiger partial charge is 0.432 e. The molecule has 0 unspecified atom stereocenters. The van der Waals surface area contributed by atoms with Crippen molar-refractivity contribution in [2.75, 3.05) is 0 Å². The Kier molecular flexibility index (Phi) is 3.30. The minimum Gasteiger partial charge on any atom is -0.432 e. The first-order valence-corrected chi connectivity index (χ1v) is 8.07. The fourth-order valence-corrected chi connectivity index (χ4v) is 3.18. The van der Waals surface area contributed by atoms with Crippen LogP contribution in [-0.2, 0) is 0 Å². The van der Waals surface area contributed by atoms with Crippen molar-refractivity contribution < 1.29 is 17.6 Å². The molecule has 5 aromatic rings. The number of benzene rings is 2. The average Bonchev–Trinajstić information content (AvgIpc) is 3.25. The Balaban J connectivity index is 1.82. The summed E-state index contributed by atoms with van der Waals surface area (Å²) in [5, 5.41) is 0.880. The Labute approximate surface area is 150 Å². The number of fused-ring (bicyclic) bond motifs is 2. The Morgan fingerprint density at radius 1 is 0.926 bits per heavy atom. The molecule has 0 radical (unpaired) electrons. The minimum absolute atomic E-state index is 0.144. The van der Waals surface area contributed by atoms with E-state index in [0.29, 0.717) is 17.3 Å². The summed E-state index contributed by atoms with van der Waals surface area (Å²) < 4.78 is 48.5. The molecule has 4 nitrogen and oxygen atoms in total. The average molecular weight is 365 g/mol. The third-order valence-corrected chi connectivity index (χ3v) is 4.40. The lowest BCUT2D eigenvalue weighted by atomic mass is 10.0. The fourth-order valence-electron chi connectivity index (χ4n) is 3.18. The highest BCUT2D eigenvalue weighted by atomic mass is 19.2. The van der Waals surface area contributed by atoms with Gasteiger partial charge in [0.2, 0.25) is 0 Å². The molecule has 0 spiro atoms. The maximum absolute atomic E-state index is 14.4. The molecule has 7 heteroatoms. The number of pyridine rings is 1. The molecule has 0 saturated heterocycles. The van der Waals surface area contributed by atoms with Crippen LogP contribution in [0.1, 0.15) is 0 Å². The summed E-state index contributed by atoms with van der Waals surface area (Å²) in [5.41, 5.74) is 2.04. The first kappa shape index (κ1) is 15.6. The number of halogens is 3. The van der Waals surface area contributed by atoms with Gasteiger partial charge in [-0.1, -0.05) is 12.1 Å². The van der Waals surface area contributed by atoms with Gasteiger partial charge in [0.15, 0.2) is 11.6 Å². The Morgan fingerprint density at radius 3 is 2.67 bits per heavy atom. The van der Waals surface area contributed by atoms with E-state index in [4.69, 9.17) is 4.42 Å². The van der Waals surface area contributed by atoms with Crippen LogP contribution < -0.4 is 0 Å². The minimum atomic E-state index is -1.25. The first-order chi connectivity index (χ1) is 13.1. The zero-order chi connectivity index (χ0) is 18.5. The van der Waals surface area contributed by atoms with Crippen LogP contribution in [0.4, 0.5) is 13.2 Å². The maximum atomic E-state index is 14.4. The molecule has 0 saturated carbocycles. The van der Waals surface area contributed by atoms with Crippen LogP contribution in [0.25, 0.3) is 39.3 Å². The Bertz CT molecular complexity index is 1320. The van der Waals surface area contributed by atoms with Gasteiger partial charge in [-0.05, 0) is 24.3 Å². The van der Waals surface area contributed by atoms with Crippen molar-refractivity contribution in [3.05, 3.63) is 78.6 Å². The highest BCUT2D eigenvalue weighted by Gasteiger charge is 2.22. The number of hydrogen-bond donors (Lipinski definition) is 0. The molecule has 0 aliphatic carbocycles. The van der Waals surface area contributed by atoms with Crippen molar-refractivity contribution in [1.29, 1.82) is 0 Å². The summed E-state index contributed by atoms with van der Waals surface area (Å²) >= 11 is 0. The fraction of sp³-hybridized carbons (Fsp3) is 0. The van der Waals surface area contributed by atoms with E-state index >= 15 is 0 Å². The third-order valence-electron chi connectivity index (χ3n) is 4.40. The van der Waals surface area contributed by atoms with Crippen molar-refractivity contribution in [3.8, 4) is 22.5 Å². The third kappa shape index (κ3) is 2.39. The normalized spacial score (nSPS) is 11.5. The van der Waals surface area contributed by atoms with E-state index in [-0.39, 0.29) is 17.1 Å². The van der Waals surface area contributed by atoms with Crippen LogP contribution in [0, 0.1) is 17.5 Å². The van der Waals surface area contributed by atoms with Gasteiger partial charge in [-0.2, -0.15) is 4.98 Å². The Morgan fingerprint density at radius 2 is 1.78 bits per heavy atom. The van der Waals surface area contributed by atoms with Crippen LogP contribution in [0.2, 0.25) is 0 Å². The second-order valence-electron chi connectivity index (χ2n) is 6.02. The molecule has 2 aromatic carbocycles. The van der Waals surface area contributed by atoms with Crippen LogP contribution in [-0.4, -0.2) is 14.4 Å².